The molecule has 0 spiro atoms. The summed E-state index contributed by atoms with van der Waals surface area (Å²) in [6.07, 6.45) is 0. The quantitative estimate of drug-likeness (QED) is 0.463. The van der Waals surface area contributed by atoms with E-state index >= 15 is 0 Å². The Bertz CT molecular complexity index is 535. The highest BCUT2D eigenvalue weighted by atomic mass is 127. The summed E-state index contributed by atoms with van der Waals surface area (Å²) in [6.45, 7) is 2.11. The Morgan fingerprint density at radius 2 is 1.76 bits per heavy atom. The molecule has 0 saturated carbocycles. The average Bonchev–Trinajstić information content (AvgIpc) is 2.30. The zero-order valence-electron chi connectivity index (χ0n) is 9.01. The first kappa shape index (κ1) is 13.6. The van der Waals surface area contributed by atoms with Gasteiger partial charge in [-0.05, 0) is 53.3 Å². The van der Waals surface area contributed by atoms with E-state index in [9.17, 15) is 0 Å². The molecule has 0 aromatic heterocycles. The largest absolute Gasteiger partial charge is 0.427 e. The van der Waals surface area contributed by atoms with E-state index in [4.69, 9.17) is 3.07 Å². The molecule has 0 heterocycles. The third kappa shape index (κ3) is 2.78. The number of benzene rings is 2. The van der Waals surface area contributed by atoms with Gasteiger partial charge in [0, 0.05) is 19.2 Å². The Kier molecular flexibility index (Phi) is 4.71. The number of aryl methyl sites for hydroxylation is 1. The van der Waals surface area contributed by atoms with Crippen molar-refractivity contribution in [2.75, 3.05) is 0 Å². The summed E-state index contributed by atoms with van der Waals surface area (Å²) in [6, 6.07) is 12.3. The number of hydrogen-bond acceptors (Lipinski definition) is 1. The van der Waals surface area contributed by atoms with Crippen LogP contribution < -0.4 is 3.07 Å². The van der Waals surface area contributed by atoms with Crippen LogP contribution >= 0.6 is 61.5 Å². The Balaban J connectivity index is 2.76. The fourth-order valence-corrected chi connectivity index (χ4v) is 3.53. The van der Waals surface area contributed by atoms with Gasteiger partial charge in [0.2, 0.25) is 0 Å². The maximum atomic E-state index is 5.43. The Hall–Kier alpha value is 0.180. The van der Waals surface area contributed by atoms with Crippen molar-refractivity contribution >= 4 is 61.5 Å². The lowest BCUT2D eigenvalue weighted by Crippen LogP contribution is -1.91. The van der Waals surface area contributed by atoms with E-state index in [1.165, 1.54) is 14.7 Å². The monoisotopic (exact) mass is 514 g/mol. The van der Waals surface area contributed by atoms with Crippen LogP contribution in [0, 0.1) is 10.5 Å². The molecule has 0 unspecified atom stereocenters. The van der Waals surface area contributed by atoms with Crippen LogP contribution in [0.2, 0.25) is 0 Å². The van der Waals surface area contributed by atoms with Crippen molar-refractivity contribution in [2.45, 2.75) is 6.92 Å². The van der Waals surface area contributed by atoms with Crippen molar-refractivity contribution < 1.29 is 3.07 Å². The summed E-state index contributed by atoms with van der Waals surface area (Å²) in [5.41, 5.74) is 3.58. The highest BCUT2D eigenvalue weighted by molar-refractivity contribution is 14.1. The lowest BCUT2D eigenvalue weighted by atomic mass is 10.00. The molecule has 0 fully saturated rings. The van der Waals surface area contributed by atoms with Gasteiger partial charge in [-0.15, -0.1) is 0 Å². The molecule has 2 rings (SSSR count). The van der Waals surface area contributed by atoms with E-state index in [2.05, 4.69) is 63.6 Å². The zero-order valence-corrected chi connectivity index (χ0v) is 14.9. The molecule has 17 heavy (non-hydrogen) atoms. The lowest BCUT2D eigenvalue weighted by molar-refractivity contribution is 0.718. The van der Waals surface area contributed by atoms with E-state index in [1.807, 2.05) is 41.2 Å². The lowest BCUT2D eigenvalue weighted by Gasteiger charge is -2.13. The summed E-state index contributed by atoms with van der Waals surface area (Å²) < 4.78 is 7.72. The van der Waals surface area contributed by atoms with Crippen LogP contribution in [-0.4, -0.2) is 0 Å². The maximum absolute atomic E-state index is 5.43. The van der Waals surface area contributed by atoms with Gasteiger partial charge in [-0.25, -0.2) is 0 Å². The van der Waals surface area contributed by atoms with Gasteiger partial charge in [0.15, 0.2) is 23.0 Å². The zero-order chi connectivity index (χ0) is 12.4. The second kappa shape index (κ2) is 5.88. The standard InChI is InChI=1S/C13H9BrI2O/c1-8-4-2-5-9(14)12(8)13-10(15)6-3-7-11(13)17-16/h2-7H,1H3. The van der Waals surface area contributed by atoms with Gasteiger partial charge >= 0.3 is 0 Å². The van der Waals surface area contributed by atoms with Gasteiger partial charge in [0.05, 0.1) is 0 Å². The summed E-state index contributed by atoms with van der Waals surface area (Å²) in [5.74, 6) is 0.896. The van der Waals surface area contributed by atoms with Crippen LogP contribution in [0.4, 0.5) is 0 Å². The fourth-order valence-electron chi connectivity index (χ4n) is 1.76. The molecule has 0 bridgehead atoms. The van der Waals surface area contributed by atoms with Crippen LogP contribution in [0.3, 0.4) is 0 Å². The minimum absolute atomic E-state index is 0.896. The Morgan fingerprint density at radius 3 is 2.41 bits per heavy atom. The van der Waals surface area contributed by atoms with E-state index < -0.39 is 0 Å². The molecule has 0 atom stereocenters. The molecule has 0 saturated heterocycles. The second-order valence-electron chi connectivity index (χ2n) is 3.62. The molecule has 88 valence electrons. The maximum Gasteiger partial charge on any atom is 0.192 e. The van der Waals surface area contributed by atoms with Gasteiger partial charge in [0.1, 0.15) is 5.75 Å². The van der Waals surface area contributed by atoms with Crippen LogP contribution in [0.5, 0.6) is 5.75 Å². The first-order chi connectivity index (χ1) is 8.15. The normalized spacial score (nSPS) is 10.4. The first-order valence-corrected chi connectivity index (χ1v) is 7.73. The fraction of sp³-hybridized carbons (Fsp3) is 0.0769. The van der Waals surface area contributed by atoms with Crippen molar-refractivity contribution in [1.29, 1.82) is 0 Å². The molecule has 2 aromatic carbocycles. The molecular formula is C13H9BrI2O. The molecule has 0 radical (unpaired) electrons. The molecular weight excluding hydrogens is 506 g/mol. The summed E-state index contributed by atoms with van der Waals surface area (Å²) >= 11 is 7.89. The number of rotatable bonds is 2. The molecule has 0 aliphatic heterocycles. The van der Waals surface area contributed by atoms with Crippen molar-refractivity contribution in [3.63, 3.8) is 0 Å². The molecule has 0 N–H and O–H groups in total. The topological polar surface area (TPSA) is 9.23 Å². The summed E-state index contributed by atoms with van der Waals surface area (Å²) in [5, 5.41) is 0. The van der Waals surface area contributed by atoms with Gasteiger partial charge in [-0.1, -0.05) is 34.1 Å². The third-order valence-electron chi connectivity index (χ3n) is 2.53. The van der Waals surface area contributed by atoms with Crippen LogP contribution in [0.15, 0.2) is 40.9 Å². The Morgan fingerprint density at radius 1 is 1.06 bits per heavy atom. The van der Waals surface area contributed by atoms with Crippen molar-refractivity contribution in [3.8, 4) is 16.9 Å². The average molecular weight is 515 g/mol. The highest BCUT2D eigenvalue weighted by Crippen LogP contribution is 2.40. The predicted molar refractivity (Wildman–Crippen MR) is 91.7 cm³/mol. The van der Waals surface area contributed by atoms with Crippen molar-refractivity contribution in [1.82, 2.24) is 0 Å². The molecule has 0 aliphatic carbocycles. The van der Waals surface area contributed by atoms with E-state index in [0.29, 0.717) is 0 Å². The smallest absolute Gasteiger partial charge is 0.192 e. The number of hydrogen-bond donors (Lipinski definition) is 0. The predicted octanol–water partition coefficient (Wildman–Crippen LogP) is 5.76. The molecule has 4 heteroatoms. The van der Waals surface area contributed by atoms with Crippen LogP contribution in [0.1, 0.15) is 5.56 Å². The summed E-state index contributed by atoms with van der Waals surface area (Å²) in [4.78, 5) is 0. The SMILES string of the molecule is Cc1cccc(Br)c1-c1c(I)cccc1OI. The van der Waals surface area contributed by atoms with Gasteiger partial charge in [-0.2, -0.15) is 0 Å². The highest BCUT2D eigenvalue weighted by Gasteiger charge is 2.14. The van der Waals surface area contributed by atoms with Gasteiger partial charge in [-0.3, -0.25) is 0 Å². The molecule has 0 amide bonds. The van der Waals surface area contributed by atoms with Gasteiger partial charge < -0.3 is 3.07 Å². The van der Waals surface area contributed by atoms with E-state index in [1.54, 1.807) is 0 Å². The third-order valence-corrected chi connectivity index (χ3v) is 4.56. The first-order valence-electron chi connectivity index (χ1n) is 4.97. The molecule has 1 nitrogen and oxygen atoms in total. The minimum atomic E-state index is 0.896. The summed E-state index contributed by atoms with van der Waals surface area (Å²) in [7, 11) is 0. The van der Waals surface area contributed by atoms with Crippen molar-refractivity contribution in [3.05, 3.63) is 50.0 Å². The second-order valence-corrected chi connectivity index (χ2v) is 6.08. The van der Waals surface area contributed by atoms with Gasteiger partial charge in [0.25, 0.3) is 0 Å². The van der Waals surface area contributed by atoms with Crippen molar-refractivity contribution in [2.24, 2.45) is 0 Å². The Labute approximate surface area is 137 Å². The molecule has 2 aromatic rings. The van der Waals surface area contributed by atoms with E-state index in [0.717, 1.165) is 15.8 Å². The van der Waals surface area contributed by atoms with E-state index in [-0.39, 0.29) is 0 Å². The molecule has 0 aliphatic rings. The minimum Gasteiger partial charge on any atom is -0.427 e. The van der Waals surface area contributed by atoms with Crippen LogP contribution in [-0.2, 0) is 0 Å². The number of halogens is 3. The van der Waals surface area contributed by atoms with Crippen LogP contribution in [0.25, 0.3) is 11.1 Å².